The first-order valence-electron chi connectivity index (χ1n) is 6.93. The van der Waals surface area contributed by atoms with Crippen LogP contribution in [0.2, 0.25) is 0 Å². The number of hydrogen-bond acceptors (Lipinski definition) is 4. The first kappa shape index (κ1) is 15.7. The molecule has 0 aromatic heterocycles. The maximum absolute atomic E-state index is 9.96. The number of rotatable bonds is 7. The van der Waals surface area contributed by atoms with Crippen LogP contribution < -0.4 is 10.1 Å². The Morgan fingerprint density at radius 3 is 2.67 bits per heavy atom. The minimum absolute atomic E-state index is 0.276. The zero-order chi connectivity index (χ0) is 15.1. The van der Waals surface area contributed by atoms with Crippen molar-refractivity contribution in [3.63, 3.8) is 0 Å². The van der Waals surface area contributed by atoms with E-state index in [1.54, 1.807) is 11.8 Å². The quantitative estimate of drug-likeness (QED) is 0.767. The van der Waals surface area contributed by atoms with E-state index in [1.165, 1.54) is 10.5 Å². The molecule has 21 heavy (non-hydrogen) atoms. The highest BCUT2D eigenvalue weighted by Crippen LogP contribution is 2.19. The standard InChI is InChI=1S/C17H21NO2S/c1-13-6-8-16(9-7-13)20-12-15(19)11-18-14-4-3-5-17(10-14)21-2/h3-10,15,18-19H,11-12H2,1-2H3. The molecule has 0 spiro atoms. The van der Waals surface area contributed by atoms with Gasteiger partial charge in [-0.2, -0.15) is 0 Å². The Labute approximate surface area is 130 Å². The van der Waals surface area contributed by atoms with E-state index in [0.717, 1.165) is 11.4 Å². The fourth-order valence-electron chi connectivity index (χ4n) is 1.85. The Balaban J connectivity index is 1.76. The molecule has 0 bridgehead atoms. The monoisotopic (exact) mass is 303 g/mol. The summed E-state index contributed by atoms with van der Waals surface area (Å²) in [5, 5.41) is 13.2. The van der Waals surface area contributed by atoms with E-state index in [0.29, 0.717) is 6.54 Å². The van der Waals surface area contributed by atoms with Crippen molar-refractivity contribution in [1.82, 2.24) is 0 Å². The molecule has 3 nitrogen and oxygen atoms in total. The lowest BCUT2D eigenvalue weighted by Gasteiger charge is -2.14. The van der Waals surface area contributed by atoms with Gasteiger partial charge >= 0.3 is 0 Å². The Morgan fingerprint density at radius 2 is 1.95 bits per heavy atom. The molecule has 0 fully saturated rings. The Hall–Kier alpha value is -1.65. The van der Waals surface area contributed by atoms with Gasteiger partial charge in [0.15, 0.2) is 0 Å². The number of nitrogens with one attached hydrogen (secondary N) is 1. The molecule has 0 radical (unpaired) electrons. The summed E-state index contributed by atoms with van der Waals surface area (Å²) in [5.41, 5.74) is 2.20. The van der Waals surface area contributed by atoms with Crippen molar-refractivity contribution in [2.45, 2.75) is 17.9 Å². The molecule has 2 aromatic carbocycles. The van der Waals surface area contributed by atoms with Crippen LogP contribution in [0, 0.1) is 6.92 Å². The van der Waals surface area contributed by atoms with Crippen LogP contribution in [0.25, 0.3) is 0 Å². The number of aryl methyl sites for hydroxylation is 1. The number of aliphatic hydroxyl groups is 1. The number of anilines is 1. The highest BCUT2D eigenvalue weighted by atomic mass is 32.2. The number of thioether (sulfide) groups is 1. The highest BCUT2D eigenvalue weighted by molar-refractivity contribution is 7.98. The first-order chi connectivity index (χ1) is 10.2. The van der Waals surface area contributed by atoms with Crippen LogP contribution in [0.3, 0.4) is 0 Å². The van der Waals surface area contributed by atoms with Crippen LogP contribution in [0.4, 0.5) is 5.69 Å². The molecule has 4 heteroatoms. The van der Waals surface area contributed by atoms with Crippen molar-refractivity contribution < 1.29 is 9.84 Å². The minimum atomic E-state index is -0.552. The van der Waals surface area contributed by atoms with Crippen LogP contribution in [0.15, 0.2) is 53.4 Å². The second-order valence-electron chi connectivity index (χ2n) is 4.89. The summed E-state index contributed by atoms with van der Waals surface area (Å²) in [6.45, 7) is 2.77. The van der Waals surface area contributed by atoms with E-state index in [4.69, 9.17) is 4.74 Å². The fourth-order valence-corrected chi connectivity index (χ4v) is 2.31. The molecule has 2 N–H and O–H groups in total. The van der Waals surface area contributed by atoms with Gasteiger partial charge in [0.2, 0.25) is 0 Å². The summed E-state index contributed by atoms with van der Waals surface area (Å²) >= 11 is 1.70. The average Bonchev–Trinajstić information content (AvgIpc) is 2.52. The van der Waals surface area contributed by atoms with Gasteiger partial charge in [-0.3, -0.25) is 0 Å². The zero-order valence-electron chi connectivity index (χ0n) is 12.4. The molecular formula is C17H21NO2S. The van der Waals surface area contributed by atoms with Gasteiger partial charge in [-0.25, -0.2) is 0 Å². The van der Waals surface area contributed by atoms with Crippen LogP contribution >= 0.6 is 11.8 Å². The molecule has 0 aliphatic heterocycles. The lowest BCUT2D eigenvalue weighted by molar-refractivity contribution is 0.117. The molecule has 2 aromatic rings. The Morgan fingerprint density at radius 1 is 1.19 bits per heavy atom. The predicted octanol–water partition coefficient (Wildman–Crippen LogP) is 3.57. The van der Waals surface area contributed by atoms with Gasteiger partial charge in [-0.15, -0.1) is 11.8 Å². The molecule has 112 valence electrons. The smallest absolute Gasteiger partial charge is 0.119 e. The molecule has 0 aliphatic rings. The van der Waals surface area contributed by atoms with Crippen molar-refractivity contribution in [2.75, 3.05) is 24.7 Å². The molecule has 1 unspecified atom stereocenters. The average molecular weight is 303 g/mol. The topological polar surface area (TPSA) is 41.5 Å². The van der Waals surface area contributed by atoms with Crippen LogP contribution in [-0.2, 0) is 0 Å². The van der Waals surface area contributed by atoms with Gasteiger partial charge in [0.25, 0.3) is 0 Å². The fraction of sp³-hybridized carbons (Fsp3) is 0.294. The summed E-state index contributed by atoms with van der Waals surface area (Å²) in [4.78, 5) is 1.20. The zero-order valence-corrected chi connectivity index (χ0v) is 13.2. The third kappa shape index (κ3) is 5.33. The third-order valence-electron chi connectivity index (χ3n) is 3.07. The lowest BCUT2D eigenvalue weighted by Crippen LogP contribution is -2.26. The maximum atomic E-state index is 9.96. The summed E-state index contributed by atoms with van der Waals surface area (Å²) in [6.07, 6.45) is 1.49. The molecule has 0 heterocycles. The maximum Gasteiger partial charge on any atom is 0.119 e. The van der Waals surface area contributed by atoms with Crippen molar-refractivity contribution in [1.29, 1.82) is 0 Å². The molecule has 0 amide bonds. The summed E-state index contributed by atoms with van der Waals surface area (Å²) in [5.74, 6) is 0.782. The van der Waals surface area contributed by atoms with Crippen molar-refractivity contribution in [3.05, 3.63) is 54.1 Å². The highest BCUT2D eigenvalue weighted by Gasteiger charge is 2.05. The van der Waals surface area contributed by atoms with Crippen LogP contribution in [0.1, 0.15) is 5.56 Å². The predicted molar refractivity (Wildman–Crippen MR) is 89.4 cm³/mol. The van der Waals surface area contributed by atoms with E-state index in [-0.39, 0.29) is 6.61 Å². The third-order valence-corrected chi connectivity index (χ3v) is 3.80. The number of ether oxygens (including phenoxy) is 1. The van der Waals surface area contributed by atoms with E-state index in [2.05, 4.69) is 17.4 Å². The second kappa shape index (κ2) is 7.96. The van der Waals surface area contributed by atoms with Gasteiger partial charge in [0.1, 0.15) is 18.5 Å². The van der Waals surface area contributed by atoms with E-state index < -0.39 is 6.10 Å². The van der Waals surface area contributed by atoms with Crippen molar-refractivity contribution in [3.8, 4) is 5.75 Å². The normalized spacial score (nSPS) is 12.0. The SMILES string of the molecule is CSc1cccc(NCC(O)COc2ccc(C)cc2)c1. The van der Waals surface area contributed by atoms with E-state index >= 15 is 0 Å². The van der Waals surface area contributed by atoms with Gasteiger partial charge in [-0.1, -0.05) is 23.8 Å². The van der Waals surface area contributed by atoms with E-state index in [1.807, 2.05) is 49.6 Å². The molecule has 0 saturated heterocycles. The molecule has 0 saturated carbocycles. The first-order valence-corrected chi connectivity index (χ1v) is 8.15. The molecule has 1 atom stereocenters. The van der Waals surface area contributed by atoms with Crippen molar-refractivity contribution in [2.24, 2.45) is 0 Å². The van der Waals surface area contributed by atoms with Crippen LogP contribution in [-0.4, -0.2) is 30.6 Å². The van der Waals surface area contributed by atoms with Gasteiger partial charge in [0.05, 0.1) is 0 Å². The number of benzene rings is 2. The van der Waals surface area contributed by atoms with Gasteiger partial charge in [0, 0.05) is 17.1 Å². The summed E-state index contributed by atoms with van der Waals surface area (Å²) in [6, 6.07) is 15.9. The summed E-state index contributed by atoms with van der Waals surface area (Å²) < 4.78 is 5.56. The molecule has 2 rings (SSSR count). The second-order valence-corrected chi connectivity index (χ2v) is 5.77. The number of aliphatic hydroxyl groups excluding tert-OH is 1. The van der Waals surface area contributed by atoms with Crippen molar-refractivity contribution >= 4 is 17.4 Å². The molecular weight excluding hydrogens is 282 g/mol. The minimum Gasteiger partial charge on any atom is -0.491 e. The van der Waals surface area contributed by atoms with Gasteiger partial charge < -0.3 is 15.2 Å². The lowest BCUT2D eigenvalue weighted by atomic mass is 10.2. The van der Waals surface area contributed by atoms with E-state index in [9.17, 15) is 5.11 Å². The summed E-state index contributed by atoms with van der Waals surface area (Å²) in [7, 11) is 0. The Kier molecular flexibility index (Phi) is 5.96. The molecule has 0 aliphatic carbocycles. The Bertz CT molecular complexity index is 557. The van der Waals surface area contributed by atoms with Gasteiger partial charge in [-0.05, 0) is 43.5 Å². The number of hydrogen-bond donors (Lipinski definition) is 2. The largest absolute Gasteiger partial charge is 0.491 e. The van der Waals surface area contributed by atoms with Crippen LogP contribution in [0.5, 0.6) is 5.75 Å².